The van der Waals surface area contributed by atoms with Crippen LogP contribution in [-0.4, -0.2) is 36.3 Å². The number of carbonyl (C=O) groups is 1. The molecule has 3 aromatic rings. The van der Waals surface area contributed by atoms with Gasteiger partial charge in [0.15, 0.2) is 4.80 Å². The first-order valence-corrected chi connectivity index (χ1v) is 12.7. The summed E-state index contributed by atoms with van der Waals surface area (Å²) in [7, 11) is -3.91. The van der Waals surface area contributed by atoms with Gasteiger partial charge >= 0.3 is 0 Å². The number of thiazole rings is 1. The second-order valence-electron chi connectivity index (χ2n) is 6.88. The maximum Gasteiger partial charge on any atom is 0.279 e. The van der Waals surface area contributed by atoms with Crippen molar-refractivity contribution >= 4 is 49.1 Å². The van der Waals surface area contributed by atoms with Crippen molar-refractivity contribution in [3.63, 3.8) is 0 Å². The van der Waals surface area contributed by atoms with Gasteiger partial charge in [-0.1, -0.05) is 29.0 Å². The van der Waals surface area contributed by atoms with Gasteiger partial charge in [-0.3, -0.25) is 4.79 Å². The largest absolute Gasteiger partial charge is 0.315 e. The van der Waals surface area contributed by atoms with E-state index in [1.807, 2.05) is 35.8 Å². The first kappa shape index (κ1) is 24.6. The van der Waals surface area contributed by atoms with Crippen LogP contribution in [0.2, 0.25) is 5.02 Å². The smallest absolute Gasteiger partial charge is 0.279 e. The van der Waals surface area contributed by atoms with Crippen LogP contribution in [0.3, 0.4) is 0 Å². The zero-order valence-corrected chi connectivity index (χ0v) is 20.1. The summed E-state index contributed by atoms with van der Waals surface area (Å²) >= 11 is 7.67. The van der Waals surface area contributed by atoms with E-state index in [0.29, 0.717) is 16.4 Å². The lowest BCUT2D eigenvalue weighted by Crippen LogP contribution is -2.32. The zero-order valence-electron chi connectivity index (χ0n) is 17.7. The van der Waals surface area contributed by atoms with Crippen LogP contribution < -0.4 is 4.80 Å². The highest BCUT2D eigenvalue weighted by atomic mass is 35.5. The van der Waals surface area contributed by atoms with Crippen LogP contribution in [0.15, 0.2) is 52.4 Å². The van der Waals surface area contributed by atoms with Crippen LogP contribution in [0.4, 0.5) is 0 Å². The number of para-hydroxylation sites is 1. The van der Waals surface area contributed by atoms with Gasteiger partial charge in [-0.2, -0.15) is 19.8 Å². The first-order valence-electron chi connectivity index (χ1n) is 10.0. The number of nitrogens with zero attached hydrogens (tertiary/aromatic N) is 5. The molecule has 0 saturated carbocycles. The van der Waals surface area contributed by atoms with Gasteiger partial charge in [0.25, 0.3) is 5.91 Å². The van der Waals surface area contributed by atoms with Crippen LogP contribution in [0, 0.1) is 22.7 Å². The van der Waals surface area contributed by atoms with Crippen molar-refractivity contribution in [2.24, 2.45) is 4.99 Å². The van der Waals surface area contributed by atoms with Crippen molar-refractivity contribution in [3.05, 3.63) is 57.9 Å². The van der Waals surface area contributed by atoms with Crippen molar-refractivity contribution < 1.29 is 13.2 Å². The molecule has 0 spiro atoms. The summed E-state index contributed by atoms with van der Waals surface area (Å²) in [5, 5.41) is 18.2. The minimum atomic E-state index is -3.91. The molecule has 0 unspecified atom stereocenters. The summed E-state index contributed by atoms with van der Waals surface area (Å²) in [5.41, 5.74) is 1.05. The van der Waals surface area contributed by atoms with E-state index < -0.39 is 15.9 Å². The van der Waals surface area contributed by atoms with Gasteiger partial charge in [-0.15, -0.1) is 0 Å². The summed E-state index contributed by atoms with van der Waals surface area (Å²) in [5.74, 6) is -0.505. The summed E-state index contributed by atoms with van der Waals surface area (Å²) < 4.78 is 29.7. The van der Waals surface area contributed by atoms with Crippen molar-refractivity contribution in [2.45, 2.75) is 31.2 Å². The predicted molar refractivity (Wildman–Crippen MR) is 126 cm³/mol. The Hall–Kier alpha value is -3.02. The number of carbonyl (C=O) groups excluding carboxylic acids is 1. The molecule has 0 fully saturated rings. The standard InChI is InChI=1S/C22H20ClN5O3S2/c1-2-28-20-18(23)6-3-7-19(20)32-22(28)26-21(29)16-8-10-17(11-9-16)33(30,31)27(14-4-12-24)15-5-13-25/h3,6-11H,2,4-5,14-15H2,1H3. The molecule has 0 radical (unpaired) electrons. The number of sulfonamides is 1. The number of amides is 1. The second-order valence-corrected chi connectivity index (χ2v) is 10.2. The Kier molecular flexibility index (Phi) is 8.01. The Morgan fingerprint density at radius 3 is 2.33 bits per heavy atom. The van der Waals surface area contributed by atoms with Gasteiger partial charge < -0.3 is 4.57 Å². The van der Waals surface area contributed by atoms with Gasteiger partial charge in [-0.25, -0.2) is 8.42 Å². The van der Waals surface area contributed by atoms with Crippen molar-refractivity contribution in [1.29, 1.82) is 10.5 Å². The molecule has 0 atom stereocenters. The quantitative estimate of drug-likeness (QED) is 0.463. The Morgan fingerprint density at radius 1 is 1.12 bits per heavy atom. The molecule has 0 aliphatic rings. The minimum absolute atomic E-state index is 0.0106. The summed E-state index contributed by atoms with van der Waals surface area (Å²) in [6.45, 7) is 2.49. The Bertz CT molecular complexity index is 1410. The van der Waals surface area contributed by atoms with E-state index in [2.05, 4.69) is 4.99 Å². The van der Waals surface area contributed by atoms with Crippen LogP contribution in [0.5, 0.6) is 0 Å². The van der Waals surface area contributed by atoms with Crippen molar-refractivity contribution in [3.8, 4) is 12.1 Å². The highest BCUT2D eigenvalue weighted by Crippen LogP contribution is 2.25. The lowest BCUT2D eigenvalue weighted by atomic mass is 10.2. The molecule has 0 aliphatic heterocycles. The number of fused-ring (bicyclic) bond motifs is 1. The fourth-order valence-electron chi connectivity index (χ4n) is 3.24. The molecule has 3 rings (SSSR count). The van der Waals surface area contributed by atoms with E-state index in [-0.39, 0.29) is 36.4 Å². The SMILES string of the molecule is CCn1c(=NC(=O)c2ccc(S(=O)(=O)N(CCC#N)CCC#N)cc2)sc2cccc(Cl)c21. The monoisotopic (exact) mass is 501 g/mol. The molecular weight excluding hydrogens is 482 g/mol. The average Bonchev–Trinajstić information content (AvgIpc) is 3.17. The number of hydrogen-bond acceptors (Lipinski definition) is 6. The number of hydrogen-bond donors (Lipinski definition) is 0. The molecule has 2 aromatic carbocycles. The third-order valence-electron chi connectivity index (χ3n) is 4.85. The maximum atomic E-state index is 12.9. The maximum absolute atomic E-state index is 12.9. The fourth-order valence-corrected chi connectivity index (χ4v) is 6.13. The molecule has 0 saturated heterocycles. The normalized spacial score (nSPS) is 12.1. The van der Waals surface area contributed by atoms with Crippen LogP contribution in [0.1, 0.15) is 30.1 Å². The lowest BCUT2D eigenvalue weighted by Gasteiger charge is -2.20. The van der Waals surface area contributed by atoms with Gasteiger partial charge in [0.05, 0.1) is 32.3 Å². The topological polar surface area (TPSA) is 119 Å². The van der Waals surface area contributed by atoms with Crippen LogP contribution >= 0.6 is 22.9 Å². The predicted octanol–water partition coefficient (Wildman–Crippen LogP) is 3.94. The fraction of sp³-hybridized carbons (Fsp3) is 0.273. The van der Waals surface area contributed by atoms with E-state index in [4.69, 9.17) is 22.1 Å². The number of nitriles is 2. The van der Waals surface area contributed by atoms with E-state index in [0.717, 1.165) is 14.5 Å². The summed E-state index contributed by atoms with van der Waals surface area (Å²) in [6.07, 6.45) is 0.0213. The summed E-state index contributed by atoms with van der Waals surface area (Å²) in [6, 6.07) is 14.8. The number of benzene rings is 2. The van der Waals surface area contributed by atoms with Gasteiger partial charge in [-0.05, 0) is 43.3 Å². The van der Waals surface area contributed by atoms with Crippen LogP contribution in [0.25, 0.3) is 10.2 Å². The van der Waals surface area contributed by atoms with E-state index in [9.17, 15) is 13.2 Å². The highest BCUT2D eigenvalue weighted by Gasteiger charge is 2.24. The van der Waals surface area contributed by atoms with E-state index in [1.165, 1.54) is 35.6 Å². The molecule has 0 N–H and O–H groups in total. The number of aromatic nitrogens is 1. The molecule has 0 bridgehead atoms. The molecule has 1 aromatic heterocycles. The molecule has 8 nitrogen and oxygen atoms in total. The Morgan fingerprint density at radius 2 is 1.76 bits per heavy atom. The van der Waals surface area contributed by atoms with Crippen molar-refractivity contribution in [1.82, 2.24) is 8.87 Å². The highest BCUT2D eigenvalue weighted by molar-refractivity contribution is 7.89. The third-order valence-corrected chi connectivity index (χ3v) is 8.11. The van der Waals surface area contributed by atoms with E-state index >= 15 is 0 Å². The number of rotatable bonds is 8. The lowest BCUT2D eigenvalue weighted by molar-refractivity contribution is 0.0997. The molecule has 11 heteroatoms. The van der Waals surface area contributed by atoms with Gasteiger partial charge in [0, 0.05) is 38.0 Å². The zero-order chi connectivity index (χ0) is 24.0. The molecular formula is C22H20ClN5O3S2. The van der Waals surface area contributed by atoms with Crippen LogP contribution in [-0.2, 0) is 16.6 Å². The van der Waals surface area contributed by atoms with E-state index in [1.54, 1.807) is 6.07 Å². The molecule has 33 heavy (non-hydrogen) atoms. The minimum Gasteiger partial charge on any atom is -0.315 e. The molecule has 1 amide bonds. The average molecular weight is 502 g/mol. The van der Waals surface area contributed by atoms with Crippen molar-refractivity contribution in [2.75, 3.05) is 13.1 Å². The second kappa shape index (κ2) is 10.7. The first-order chi connectivity index (χ1) is 15.8. The Labute approximate surface area is 200 Å². The summed E-state index contributed by atoms with van der Waals surface area (Å²) in [4.78, 5) is 17.5. The van der Waals surface area contributed by atoms with Gasteiger partial charge in [0.1, 0.15) is 0 Å². The van der Waals surface area contributed by atoms with Gasteiger partial charge in [0.2, 0.25) is 10.0 Å². The molecule has 1 heterocycles. The Balaban J connectivity index is 1.92. The molecule has 0 aliphatic carbocycles. The number of halogens is 1. The molecule has 170 valence electrons. The number of aryl methyl sites for hydroxylation is 1. The third kappa shape index (κ3) is 5.32.